The second-order valence-corrected chi connectivity index (χ2v) is 13.1. The minimum absolute atomic E-state index is 0.0118. The Morgan fingerprint density at radius 3 is 2.20 bits per heavy atom. The zero-order chi connectivity index (χ0) is 34.8. The molecule has 1 N–H and O–H groups in total. The van der Waals surface area contributed by atoms with Crippen LogP contribution in [0.4, 0.5) is 20.2 Å². The molecule has 0 amide bonds. The van der Waals surface area contributed by atoms with Gasteiger partial charge in [0, 0.05) is 55.1 Å². The molecule has 4 atom stereocenters. The number of benzene rings is 3. The molecule has 7 rings (SSSR count). The smallest absolute Gasteiger partial charge is 0.350 e. The van der Waals surface area contributed by atoms with Gasteiger partial charge in [-0.3, -0.25) is 0 Å². The summed E-state index contributed by atoms with van der Waals surface area (Å²) in [7, 11) is 0. The van der Waals surface area contributed by atoms with E-state index in [1.807, 2.05) is 36.4 Å². The predicted octanol–water partition coefficient (Wildman–Crippen LogP) is 4.18. The lowest BCUT2D eigenvalue weighted by Crippen LogP contribution is -2.46. The zero-order valence-electron chi connectivity index (χ0n) is 28.0. The summed E-state index contributed by atoms with van der Waals surface area (Å²) in [4.78, 5) is 21.5. The van der Waals surface area contributed by atoms with Gasteiger partial charge in [0.15, 0.2) is 0 Å². The molecule has 5 aromatic rings. The van der Waals surface area contributed by atoms with Gasteiger partial charge in [-0.2, -0.15) is 10.2 Å². The maximum Gasteiger partial charge on any atom is 0.350 e. The Labute approximate surface area is 288 Å². The van der Waals surface area contributed by atoms with Crippen molar-refractivity contribution >= 4 is 11.4 Å². The molecule has 0 spiro atoms. The van der Waals surface area contributed by atoms with Crippen LogP contribution in [0, 0.1) is 17.6 Å². The highest BCUT2D eigenvalue weighted by atomic mass is 19.1. The van der Waals surface area contributed by atoms with Crippen LogP contribution in [0.3, 0.4) is 0 Å². The highest BCUT2D eigenvalue weighted by Crippen LogP contribution is 2.42. The van der Waals surface area contributed by atoms with Crippen LogP contribution < -0.4 is 20.2 Å². The quantitative estimate of drug-likeness (QED) is 0.219. The van der Waals surface area contributed by atoms with Crippen LogP contribution in [0.25, 0.3) is 5.69 Å². The molecule has 0 radical (unpaired) electrons. The number of piperazine rings is 1. The zero-order valence-corrected chi connectivity index (χ0v) is 28.0. The normalized spacial score (nSPS) is 20.6. The summed E-state index contributed by atoms with van der Waals surface area (Å²) < 4.78 is 45.5. The first kappa shape index (κ1) is 33.4. The Morgan fingerprint density at radius 2 is 1.58 bits per heavy atom. The van der Waals surface area contributed by atoms with Crippen molar-refractivity contribution in [1.82, 2.24) is 29.1 Å². The lowest BCUT2D eigenvalue weighted by molar-refractivity contribution is -0.0206. The summed E-state index contributed by atoms with van der Waals surface area (Å²) >= 11 is 0. The van der Waals surface area contributed by atoms with E-state index in [1.54, 1.807) is 24.9 Å². The van der Waals surface area contributed by atoms with Crippen molar-refractivity contribution in [2.45, 2.75) is 44.6 Å². The fourth-order valence-electron chi connectivity index (χ4n) is 6.78. The molecule has 2 aromatic heterocycles. The molecular formula is C36H40F2N8O4. The van der Waals surface area contributed by atoms with Gasteiger partial charge in [0.1, 0.15) is 42.0 Å². The Hall–Kier alpha value is -5.08. The highest BCUT2D eigenvalue weighted by molar-refractivity contribution is 5.54. The molecule has 2 fully saturated rings. The number of ether oxygens (including phenoxy) is 2. The molecule has 2 aliphatic rings. The molecule has 3 aromatic carbocycles. The van der Waals surface area contributed by atoms with Gasteiger partial charge in [-0.05, 0) is 74.9 Å². The van der Waals surface area contributed by atoms with Gasteiger partial charge in [0.05, 0.1) is 37.6 Å². The minimum Gasteiger partial charge on any atom is -0.493 e. The van der Waals surface area contributed by atoms with Crippen LogP contribution >= 0.6 is 0 Å². The first-order valence-electron chi connectivity index (χ1n) is 16.8. The van der Waals surface area contributed by atoms with Crippen molar-refractivity contribution in [3.63, 3.8) is 0 Å². The number of hydrogen-bond donors (Lipinski definition) is 1. The number of hydrogen-bond acceptors (Lipinski definition) is 9. The summed E-state index contributed by atoms with van der Waals surface area (Å²) in [6.07, 6.45) is 4.25. The largest absolute Gasteiger partial charge is 0.493 e. The molecule has 14 heteroatoms. The summed E-state index contributed by atoms with van der Waals surface area (Å²) in [5.74, 6) is -0.564. The van der Waals surface area contributed by atoms with Crippen LogP contribution in [0.5, 0.6) is 5.75 Å². The Morgan fingerprint density at radius 1 is 0.920 bits per heavy atom. The second-order valence-electron chi connectivity index (χ2n) is 13.1. The Balaban J connectivity index is 0.924. The number of rotatable bonds is 11. The third-order valence-electron chi connectivity index (χ3n) is 9.76. The summed E-state index contributed by atoms with van der Waals surface area (Å²) in [6, 6.07) is 19.1. The van der Waals surface area contributed by atoms with Crippen LogP contribution in [-0.4, -0.2) is 79.7 Å². The van der Waals surface area contributed by atoms with Crippen LogP contribution in [0.2, 0.25) is 0 Å². The first-order valence-corrected chi connectivity index (χ1v) is 16.8. The average Bonchev–Trinajstić information content (AvgIpc) is 3.88. The second kappa shape index (κ2) is 14.0. The van der Waals surface area contributed by atoms with Crippen molar-refractivity contribution < 1.29 is 23.4 Å². The standard InChI is InChI=1S/C36H40F2N8O4/c1-25(26(2)47)46-35(48)45(24-41-46)31-6-4-29(5-7-31)42-13-15-43(16-14-42)30-8-10-32(11-9-30)49-19-27-18-36(50-20-27,21-44-23-39-22-40-44)33-12-3-28(37)17-34(33)38/h3-12,17,22-27,47H,13-16,18-21H2,1-2H3/t25-,26+,27+,36-/m0/s1. The van der Waals surface area contributed by atoms with E-state index in [1.165, 1.54) is 34.0 Å². The van der Waals surface area contributed by atoms with Crippen LogP contribution in [0.1, 0.15) is 31.9 Å². The van der Waals surface area contributed by atoms with Gasteiger partial charge in [-0.15, -0.1) is 0 Å². The van der Waals surface area contributed by atoms with Gasteiger partial charge in [-0.25, -0.2) is 32.5 Å². The maximum absolute atomic E-state index is 15.0. The van der Waals surface area contributed by atoms with E-state index in [-0.39, 0.29) is 18.2 Å². The lowest BCUT2D eigenvalue weighted by Gasteiger charge is -2.37. The van der Waals surface area contributed by atoms with Crippen molar-refractivity contribution in [3.05, 3.63) is 113 Å². The maximum atomic E-state index is 15.0. The predicted molar refractivity (Wildman–Crippen MR) is 183 cm³/mol. The fraction of sp³-hybridized carbons (Fsp3) is 0.389. The molecule has 262 valence electrons. The number of nitrogens with zero attached hydrogens (tertiary/aromatic N) is 8. The fourth-order valence-corrected chi connectivity index (χ4v) is 6.78. The topological polar surface area (TPSA) is 116 Å². The molecule has 2 saturated heterocycles. The lowest BCUT2D eigenvalue weighted by atomic mass is 9.87. The first-order chi connectivity index (χ1) is 24.2. The molecule has 0 saturated carbocycles. The third kappa shape index (κ3) is 6.85. The number of halogens is 2. The van der Waals surface area contributed by atoms with E-state index < -0.39 is 29.4 Å². The molecule has 4 heterocycles. The van der Waals surface area contributed by atoms with Gasteiger partial charge in [0.2, 0.25) is 0 Å². The molecular weight excluding hydrogens is 646 g/mol. The van der Waals surface area contributed by atoms with E-state index in [2.05, 4.69) is 37.1 Å². The number of aliphatic hydroxyl groups excluding tert-OH is 1. The summed E-state index contributed by atoms with van der Waals surface area (Å²) in [5, 5.41) is 18.2. The Bertz CT molecular complexity index is 1940. The van der Waals surface area contributed by atoms with Crippen molar-refractivity contribution in [1.29, 1.82) is 0 Å². The molecule has 12 nitrogen and oxygen atoms in total. The monoisotopic (exact) mass is 686 g/mol. The van der Waals surface area contributed by atoms with Crippen molar-refractivity contribution in [3.8, 4) is 11.4 Å². The van der Waals surface area contributed by atoms with Crippen LogP contribution in [-0.2, 0) is 16.9 Å². The van der Waals surface area contributed by atoms with Gasteiger partial charge < -0.3 is 24.4 Å². The number of aromatic nitrogens is 6. The summed E-state index contributed by atoms with van der Waals surface area (Å²) in [5.41, 5.74) is 1.90. The average molecular weight is 687 g/mol. The highest BCUT2D eigenvalue weighted by Gasteiger charge is 2.44. The van der Waals surface area contributed by atoms with Crippen molar-refractivity contribution in [2.75, 3.05) is 49.2 Å². The van der Waals surface area contributed by atoms with E-state index in [0.717, 1.165) is 55.1 Å². The number of aliphatic hydroxyl groups is 1. The van der Waals surface area contributed by atoms with Gasteiger partial charge >= 0.3 is 5.69 Å². The van der Waals surface area contributed by atoms with E-state index in [4.69, 9.17) is 9.47 Å². The summed E-state index contributed by atoms with van der Waals surface area (Å²) in [6.45, 7) is 7.77. The van der Waals surface area contributed by atoms with Crippen molar-refractivity contribution in [2.24, 2.45) is 5.92 Å². The molecule has 2 aliphatic heterocycles. The molecule has 50 heavy (non-hydrogen) atoms. The third-order valence-corrected chi connectivity index (χ3v) is 9.76. The van der Waals surface area contributed by atoms with Gasteiger partial charge in [-0.1, -0.05) is 6.07 Å². The molecule has 0 aliphatic carbocycles. The van der Waals surface area contributed by atoms with E-state index >= 15 is 0 Å². The SMILES string of the molecule is C[C@@H](O)[C@H](C)n1ncn(-c2ccc(N3CCN(c4ccc(OC[C@@H]5CO[C@@](Cn6cncn6)(c6ccc(F)cc6F)C5)cc4)CC3)cc2)c1=O. The molecule has 0 unspecified atom stereocenters. The van der Waals surface area contributed by atoms with E-state index in [9.17, 15) is 18.7 Å². The van der Waals surface area contributed by atoms with E-state index in [0.29, 0.717) is 25.2 Å². The molecule has 0 bridgehead atoms. The van der Waals surface area contributed by atoms with Gasteiger partial charge in [0.25, 0.3) is 0 Å². The van der Waals surface area contributed by atoms with Crippen LogP contribution in [0.15, 0.2) is 90.5 Å². The minimum atomic E-state index is -1.02. The number of anilines is 2. The Kier molecular flexibility index (Phi) is 9.38.